The molecule has 3 nitrogen and oxygen atoms in total. The van der Waals surface area contributed by atoms with Crippen LogP contribution in [0.5, 0.6) is 0 Å². The molecule has 0 saturated carbocycles. The molecule has 184 valence electrons. The third-order valence-electron chi connectivity index (χ3n) is 7.98. The average molecular weight is 476 g/mol. The van der Waals surface area contributed by atoms with E-state index in [2.05, 4.69) is 114 Å². The van der Waals surface area contributed by atoms with Crippen LogP contribution in [-0.2, 0) is 0 Å². The van der Waals surface area contributed by atoms with Crippen LogP contribution >= 0.6 is 0 Å². The van der Waals surface area contributed by atoms with Gasteiger partial charge in [0.1, 0.15) is 0 Å². The number of hydrazone groups is 1. The number of likely N-dealkylation sites (tertiary alicyclic amines) is 1. The van der Waals surface area contributed by atoms with Gasteiger partial charge in [-0.15, -0.1) is 6.58 Å². The van der Waals surface area contributed by atoms with Gasteiger partial charge in [0.2, 0.25) is 0 Å². The number of allylic oxidation sites excluding steroid dienone is 1. The zero-order chi connectivity index (χ0) is 24.8. The lowest BCUT2D eigenvalue weighted by Crippen LogP contribution is -2.45. The van der Waals surface area contributed by atoms with Crippen LogP contribution in [0, 0.1) is 5.41 Å². The molecule has 1 fully saturated rings. The molecule has 5 rings (SSSR count). The highest BCUT2D eigenvalue weighted by atomic mass is 15.5. The highest BCUT2D eigenvalue weighted by molar-refractivity contribution is 6.07. The summed E-state index contributed by atoms with van der Waals surface area (Å²) in [4.78, 5) is 2.65. The molecule has 2 aliphatic heterocycles. The summed E-state index contributed by atoms with van der Waals surface area (Å²) in [6, 6.07) is 32.6. The molecular formula is C33H37N3. The Kier molecular flexibility index (Phi) is 7.48. The maximum Gasteiger partial charge on any atom is 0.0803 e. The van der Waals surface area contributed by atoms with Gasteiger partial charge in [0.05, 0.1) is 11.1 Å². The second kappa shape index (κ2) is 11.1. The summed E-state index contributed by atoms with van der Waals surface area (Å²) < 4.78 is 0. The molecule has 3 heteroatoms. The molecular weight excluding hydrogens is 438 g/mol. The van der Waals surface area contributed by atoms with E-state index in [9.17, 15) is 0 Å². The molecule has 36 heavy (non-hydrogen) atoms. The van der Waals surface area contributed by atoms with Gasteiger partial charge >= 0.3 is 0 Å². The van der Waals surface area contributed by atoms with Gasteiger partial charge in [0, 0.05) is 18.2 Å². The SMILES string of the molecule is C=CCCN1N=C(c2ccccc2)C2(CCN(CCC(c3ccccc3)c3ccccc3)CC2)C1=C. The van der Waals surface area contributed by atoms with Crippen molar-refractivity contribution >= 4 is 5.71 Å². The molecule has 0 radical (unpaired) electrons. The van der Waals surface area contributed by atoms with E-state index >= 15 is 0 Å². The zero-order valence-electron chi connectivity index (χ0n) is 21.2. The van der Waals surface area contributed by atoms with Crippen molar-refractivity contribution in [2.24, 2.45) is 10.5 Å². The maximum atomic E-state index is 5.12. The molecule has 1 saturated heterocycles. The van der Waals surface area contributed by atoms with Crippen LogP contribution in [-0.4, -0.2) is 41.8 Å². The highest BCUT2D eigenvalue weighted by Gasteiger charge is 2.48. The first-order valence-electron chi connectivity index (χ1n) is 13.3. The van der Waals surface area contributed by atoms with Gasteiger partial charge in [-0.3, -0.25) is 5.01 Å². The van der Waals surface area contributed by atoms with Crippen LogP contribution in [0.3, 0.4) is 0 Å². The first-order chi connectivity index (χ1) is 17.7. The number of hydrogen-bond acceptors (Lipinski definition) is 3. The minimum Gasteiger partial charge on any atom is -0.303 e. The largest absolute Gasteiger partial charge is 0.303 e. The summed E-state index contributed by atoms with van der Waals surface area (Å²) in [7, 11) is 0. The maximum absolute atomic E-state index is 5.12. The van der Waals surface area contributed by atoms with Gasteiger partial charge in [0.15, 0.2) is 0 Å². The minimum atomic E-state index is -0.0721. The molecule has 3 aromatic rings. The number of piperidine rings is 1. The van der Waals surface area contributed by atoms with Crippen molar-refractivity contribution in [2.75, 3.05) is 26.2 Å². The number of benzene rings is 3. The second-order valence-corrected chi connectivity index (χ2v) is 10.0. The summed E-state index contributed by atoms with van der Waals surface area (Å²) in [5.41, 5.74) is 6.31. The molecule has 0 unspecified atom stereocenters. The first kappa shape index (κ1) is 24.3. The van der Waals surface area contributed by atoms with Gasteiger partial charge in [0.25, 0.3) is 0 Å². The number of rotatable bonds is 9. The van der Waals surface area contributed by atoms with Gasteiger partial charge in [-0.1, -0.05) is 104 Å². The molecule has 1 spiro atoms. The Hall–Kier alpha value is -3.43. The molecule has 0 bridgehead atoms. The Morgan fingerprint density at radius 1 is 0.806 bits per heavy atom. The fraction of sp³-hybridized carbons (Fsp3) is 0.303. The van der Waals surface area contributed by atoms with E-state index in [0.29, 0.717) is 5.92 Å². The molecule has 3 aromatic carbocycles. The second-order valence-electron chi connectivity index (χ2n) is 10.0. The molecule has 0 amide bonds. The van der Waals surface area contributed by atoms with E-state index in [1.54, 1.807) is 0 Å². The molecule has 0 N–H and O–H groups in total. The Morgan fingerprint density at radius 3 is 1.92 bits per heavy atom. The van der Waals surface area contributed by atoms with E-state index in [-0.39, 0.29) is 5.41 Å². The van der Waals surface area contributed by atoms with Crippen molar-refractivity contribution in [1.29, 1.82) is 0 Å². The predicted molar refractivity (Wildman–Crippen MR) is 151 cm³/mol. The van der Waals surface area contributed by atoms with E-state index in [4.69, 9.17) is 5.10 Å². The van der Waals surface area contributed by atoms with Crippen molar-refractivity contribution in [1.82, 2.24) is 9.91 Å². The molecule has 0 aromatic heterocycles. The summed E-state index contributed by atoms with van der Waals surface area (Å²) in [6.07, 6.45) is 6.12. The average Bonchev–Trinajstić information content (AvgIpc) is 3.21. The smallest absolute Gasteiger partial charge is 0.0803 e. The Labute approximate surface area is 216 Å². The Morgan fingerprint density at radius 2 is 1.36 bits per heavy atom. The quantitative estimate of drug-likeness (QED) is 0.307. The first-order valence-corrected chi connectivity index (χ1v) is 13.3. The van der Waals surface area contributed by atoms with E-state index < -0.39 is 0 Å². The van der Waals surface area contributed by atoms with Crippen molar-refractivity contribution in [3.05, 3.63) is 133 Å². The fourth-order valence-corrected chi connectivity index (χ4v) is 5.88. The van der Waals surface area contributed by atoms with Crippen LogP contribution in [0.4, 0.5) is 0 Å². The summed E-state index contributed by atoms with van der Waals surface area (Å²) in [5, 5.41) is 7.26. The predicted octanol–water partition coefficient (Wildman–Crippen LogP) is 7.10. The van der Waals surface area contributed by atoms with Crippen molar-refractivity contribution in [3.8, 4) is 0 Å². The monoisotopic (exact) mass is 475 g/mol. The summed E-state index contributed by atoms with van der Waals surface area (Å²) in [5.74, 6) is 0.417. The van der Waals surface area contributed by atoms with Crippen LogP contribution in [0.15, 0.2) is 121 Å². The van der Waals surface area contributed by atoms with Crippen molar-refractivity contribution in [3.63, 3.8) is 0 Å². The topological polar surface area (TPSA) is 18.8 Å². The van der Waals surface area contributed by atoms with Gasteiger partial charge in [-0.2, -0.15) is 5.10 Å². The lowest BCUT2D eigenvalue weighted by atomic mass is 9.70. The van der Waals surface area contributed by atoms with Gasteiger partial charge in [-0.25, -0.2) is 0 Å². The lowest BCUT2D eigenvalue weighted by Gasteiger charge is -2.41. The van der Waals surface area contributed by atoms with Crippen LogP contribution in [0.25, 0.3) is 0 Å². The fourth-order valence-electron chi connectivity index (χ4n) is 5.88. The van der Waals surface area contributed by atoms with Gasteiger partial charge < -0.3 is 4.90 Å². The van der Waals surface area contributed by atoms with Crippen LogP contribution in [0.2, 0.25) is 0 Å². The zero-order valence-corrected chi connectivity index (χ0v) is 21.2. The van der Waals surface area contributed by atoms with E-state index in [0.717, 1.165) is 57.6 Å². The van der Waals surface area contributed by atoms with Crippen molar-refractivity contribution < 1.29 is 0 Å². The molecule has 0 atom stereocenters. The summed E-state index contributed by atoms with van der Waals surface area (Å²) in [6.45, 7) is 12.6. The van der Waals surface area contributed by atoms with Gasteiger partial charge in [-0.05, 0) is 62.0 Å². The van der Waals surface area contributed by atoms with Crippen LogP contribution < -0.4 is 0 Å². The highest BCUT2D eigenvalue weighted by Crippen LogP contribution is 2.47. The number of hydrogen-bond donors (Lipinski definition) is 0. The normalized spacial score (nSPS) is 17.5. The molecule has 0 aliphatic carbocycles. The summed E-state index contributed by atoms with van der Waals surface area (Å²) >= 11 is 0. The number of nitrogens with zero attached hydrogens (tertiary/aromatic N) is 3. The minimum absolute atomic E-state index is 0.0721. The Bertz CT molecular complexity index is 1140. The lowest BCUT2D eigenvalue weighted by molar-refractivity contribution is 0.159. The van der Waals surface area contributed by atoms with E-state index in [1.165, 1.54) is 22.4 Å². The standard InChI is InChI=1S/C33H37N3/c1-3-4-23-36-27(2)33(32(34-36)30-18-12-7-13-19-30)21-25-35(26-22-33)24-20-31(28-14-8-5-9-15-28)29-16-10-6-11-17-29/h3,5-19,31H,1-2,4,20-26H2. The van der Waals surface area contributed by atoms with Crippen molar-refractivity contribution in [2.45, 2.75) is 31.6 Å². The third kappa shape index (κ3) is 4.94. The van der Waals surface area contributed by atoms with Crippen LogP contribution in [0.1, 0.15) is 48.3 Å². The molecule has 2 aliphatic rings. The van der Waals surface area contributed by atoms with E-state index in [1.807, 2.05) is 6.08 Å². The molecule has 2 heterocycles. The third-order valence-corrected chi connectivity index (χ3v) is 7.98. The Balaban J connectivity index is 1.30.